The number of amides is 1. The van der Waals surface area contributed by atoms with Gasteiger partial charge in [-0.05, 0) is 37.5 Å². The maximum atomic E-state index is 12.2. The summed E-state index contributed by atoms with van der Waals surface area (Å²) in [6.45, 7) is 3.42. The first-order valence-corrected chi connectivity index (χ1v) is 6.98. The van der Waals surface area contributed by atoms with Gasteiger partial charge in [0.25, 0.3) is 0 Å². The molecule has 1 saturated carbocycles. The normalized spacial score (nSPS) is 14.2. The second kappa shape index (κ2) is 5.95. The average molecular weight is 261 g/mol. The molecule has 4 heteroatoms. The number of likely N-dealkylation sites (N-methyl/N-ethyl adjacent to an activating group) is 1. The Kier molecular flexibility index (Phi) is 4.30. The zero-order valence-electron chi connectivity index (χ0n) is 11.8. The molecule has 1 aliphatic rings. The van der Waals surface area contributed by atoms with Gasteiger partial charge < -0.3 is 15.5 Å². The van der Waals surface area contributed by atoms with Gasteiger partial charge in [-0.1, -0.05) is 13.0 Å². The maximum Gasteiger partial charge on any atom is 0.242 e. The Morgan fingerprint density at radius 2 is 2.16 bits per heavy atom. The molecule has 0 unspecified atom stereocenters. The van der Waals surface area contributed by atoms with E-state index < -0.39 is 0 Å². The second-order valence-corrected chi connectivity index (χ2v) is 5.25. The molecular formula is C15H23N3O. The lowest BCUT2D eigenvalue weighted by Gasteiger charge is -2.27. The molecule has 0 aromatic heterocycles. The van der Waals surface area contributed by atoms with Gasteiger partial charge in [0.15, 0.2) is 0 Å². The van der Waals surface area contributed by atoms with Crippen LogP contribution in [0.4, 0.5) is 11.4 Å². The standard InChI is InChI=1S/C15H23N3O/c1-3-9-18(14-6-4-5-12(16)10-14)11-15(19)17(2)13-7-8-13/h4-6,10,13H,3,7-9,11,16H2,1-2H3. The zero-order valence-corrected chi connectivity index (χ0v) is 11.8. The molecule has 0 aliphatic heterocycles. The van der Waals surface area contributed by atoms with Crippen molar-refractivity contribution in [1.82, 2.24) is 4.90 Å². The van der Waals surface area contributed by atoms with Gasteiger partial charge in [0.1, 0.15) is 0 Å². The summed E-state index contributed by atoms with van der Waals surface area (Å²) in [5, 5.41) is 0. The summed E-state index contributed by atoms with van der Waals surface area (Å²) in [7, 11) is 1.91. The number of nitrogen functional groups attached to an aromatic ring is 1. The summed E-state index contributed by atoms with van der Waals surface area (Å²) in [5.41, 5.74) is 7.58. The van der Waals surface area contributed by atoms with Gasteiger partial charge in [0.2, 0.25) is 5.91 Å². The minimum atomic E-state index is 0.193. The van der Waals surface area contributed by atoms with E-state index in [1.54, 1.807) is 0 Å². The molecule has 104 valence electrons. The van der Waals surface area contributed by atoms with Crippen molar-refractivity contribution in [3.05, 3.63) is 24.3 Å². The Hall–Kier alpha value is -1.71. The number of carbonyl (C=O) groups is 1. The van der Waals surface area contributed by atoms with Crippen LogP contribution in [-0.2, 0) is 4.79 Å². The van der Waals surface area contributed by atoms with Crippen molar-refractivity contribution in [3.8, 4) is 0 Å². The largest absolute Gasteiger partial charge is 0.399 e. The maximum absolute atomic E-state index is 12.2. The van der Waals surface area contributed by atoms with Crippen LogP contribution in [0.25, 0.3) is 0 Å². The van der Waals surface area contributed by atoms with Crippen molar-refractivity contribution >= 4 is 17.3 Å². The molecule has 0 radical (unpaired) electrons. The van der Waals surface area contributed by atoms with Crippen molar-refractivity contribution in [1.29, 1.82) is 0 Å². The summed E-state index contributed by atoms with van der Waals surface area (Å²) in [6, 6.07) is 8.21. The molecule has 1 aliphatic carbocycles. The Morgan fingerprint density at radius 1 is 1.42 bits per heavy atom. The first-order valence-electron chi connectivity index (χ1n) is 6.98. The van der Waals surface area contributed by atoms with Crippen molar-refractivity contribution in [2.24, 2.45) is 0 Å². The Bertz CT molecular complexity index is 443. The molecule has 2 N–H and O–H groups in total. The highest BCUT2D eigenvalue weighted by atomic mass is 16.2. The average Bonchev–Trinajstić information content (AvgIpc) is 3.21. The Balaban J connectivity index is 2.04. The number of nitrogens with two attached hydrogens (primary N) is 1. The van der Waals surface area contributed by atoms with E-state index in [1.807, 2.05) is 36.2 Å². The highest BCUT2D eigenvalue weighted by molar-refractivity contribution is 5.82. The lowest BCUT2D eigenvalue weighted by atomic mass is 10.2. The number of anilines is 2. The van der Waals surface area contributed by atoms with Crippen molar-refractivity contribution in [3.63, 3.8) is 0 Å². The molecule has 1 amide bonds. The van der Waals surface area contributed by atoms with E-state index in [0.717, 1.165) is 37.2 Å². The lowest BCUT2D eigenvalue weighted by molar-refractivity contribution is -0.128. The molecule has 0 spiro atoms. The Morgan fingerprint density at radius 3 is 2.74 bits per heavy atom. The van der Waals surface area contributed by atoms with Gasteiger partial charge in [-0.25, -0.2) is 0 Å². The molecular weight excluding hydrogens is 238 g/mol. The van der Waals surface area contributed by atoms with Crippen molar-refractivity contribution < 1.29 is 4.79 Å². The van der Waals surface area contributed by atoms with Crippen molar-refractivity contribution in [2.75, 3.05) is 30.8 Å². The lowest BCUT2D eigenvalue weighted by Crippen LogP contribution is -2.39. The van der Waals surface area contributed by atoms with Crippen LogP contribution in [0.5, 0.6) is 0 Å². The van der Waals surface area contributed by atoms with Gasteiger partial charge in [0.05, 0.1) is 6.54 Å². The van der Waals surface area contributed by atoms with Crippen LogP contribution in [0.1, 0.15) is 26.2 Å². The molecule has 0 heterocycles. The second-order valence-electron chi connectivity index (χ2n) is 5.25. The van der Waals surface area contributed by atoms with E-state index in [0.29, 0.717) is 12.6 Å². The molecule has 1 aromatic rings. The minimum Gasteiger partial charge on any atom is -0.399 e. The highest BCUT2D eigenvalue weighted by Gasteiger charge is 2.30. The molecule has 1 aromatic carbocycles. The molecule has 0 bridgehead atoms. The molecule has 2 rings (SSSR count). The molecule has 1 fully saturated rings. The van der Waals surface area contributed by atoms with Gasteiger partial charge in [-0.15, -0.1) is 0 Å². The molecule has 0 atom stereocenters. The molecule has 0 saturated heterocycles. The number of carbonyl (C=O) groups excluding carboxylic acids is 1. The predicted molar refractivity (Wildman–Crippen MR) is 79.2 cm³/mol. The third-order valence-corrected chi connectivity index (χ3v) is 3.54. The van der Waals surface area contributed by atoms with E-state index in [-0.39, 0.29) is 5.91 Å². The van der Waals surface area contributed by atoms with E-state index in [4.69, 9.17) is 5.73 Å². The summed E-state index contributed by atoms with van der Waals surface area (Å²) < 4.78 is 0. The third kappa shape index (κ3) is 3.63. The van der Waals surface area contributed by atoms with E-state index in [1.165, 1.54) is 0 Å². The number of hydrogen-bond acceptors (Lipinski definition) is 3. The van der Waals surface area contributed by atoms with Crippen molar-refractivity contribution in [2.45, 2.75) is 32.2 Å². The highest BCUT2D eigenvalue weighted by Crippen LogP contribution is 2.26. The van der Waals surface area contributed by atoms with Crippen LogP contribution < -0.4 is 10.6 Å². The van der Waals surface area contributed by atoms with Gasteiger partial charge >= 0.3 is 0 Å². The summed E-state index contributed by atoms with van der Waals surface area (Å²) in [5.74, 6) is 0.193. The summed E-state index contributed by atoms with van der Waals surface area (Å²) >= 11 is 0. The van der Waals surface area contributed by atoms with Crippen LogP contribution in [0.3, 0.4) is 0 Å². The number of nitrogens with zero attached hydrogens (tertiary/aromatic N) is 2. The first kappa shape index (κ1) is 13.7. The minimum absolute atomic E-state index is 0.193. The van der Waals surface area contributed by atoms with Gasteiger partial charge in [0, 0.05) is 31.0 Å². The first-order chi connectivity index (χ1) is 9.11. The van der Waals surface area contributed by atoms with Gasteiger partial charge in [-0.3, -0.25) is 4.79 Å². The van der Waals surface area contributed by atoms with Crippen LogP contribution in [0.2, 0.25) is 0 Å². The summed E-state index contributed by atoms with van der Waals surface area (Å²) in [4.78, 5) is 16.2. The van der Waals surface area contributed by atoms with Crippen LogP contribution in [0, 0.1) is 0 Å². The fourth-order valence-corrected chi connectivity index (χ4v) is 2.23. The van der Waals surface area contributed by atoms with Crippen LogP contribution >= 0.6 is 0 Å². The number of rotatable bonds is 6. The van der Waals surface area contributed by atoms with Crippen LogP contribution in [0.15, 0.2) is 24.3 Å². The number of benzene rings is 1. The zero-order chi connectivity index (χ0) is 13.8. The van der Waals surface area contributed by atoms with E-state index >= 15 is 0 Å². The van der Waals surface area contributed by atoms with Gasteiger partial charge in [-0.2, -0.15) is 0 Å². The smallest absolute Gasteiger partial charge is 0.242 e. The van der Waals surface area contributed by atoms with Crippen LogP contribution in [-0.4, -0.2) is 37.0 Å². The summed E-state index contributed by atoms with van der Waals surface area (Å²) in [6.07, 6.45) is 3.30. The topological polar surface area (TPSA) is 49.6 Å². The molecule has 19 heavy (non-hydrogen) atoms. The number of hydrogen-bond donors (Lipinski definition) is 1. The molecule has 4 nitrogen and oxygen atoms in total. The third-order valence-electron chi connectivity index (χ3n) is 3.54. The predicted octanol–water partition coefficient (Wildman–Crippen LogP) is 2.11. The fraction of sp³-hybridized carbons (Fsp3) is 0.533. The Labute approximate surface area is 115 Å². The quantitative estimate of drug-likeness (QED) is 0.798. The monoisotopic (exact) mass is 261 g/mol. The van der Waals surface area contributed by atoms with E-state index in [2.05, 4.69) is 11.8 Å². The SMILES string of the molecule is CCCN(CC(=O)N(C)C1CC1)c1cccc(N)c1. The van der Waals surface area contributed by atoms with E-state index in [9.17, 15) is 4.79 Å². The fourth-order valence-electron chi connectivity index (χ4n) is 2.23.